The minimum absolute atomic E-state index is 0.0725. The van der Waals surface area contributed by atoms with Crippen molar-refractivity contribution in [1.82, 2.24) is 0 Å². The van der Waals surface area contributed by atoms with E-state index >= 15 is 0 Å². The molecule has 0 spiro atoms. The van der Waals surface area contributed by atoms with Gasteiger partial charge < -0.3 is 0 Å². The van der Waals surface area contributed by atoms with Gasteiger partial charge in [-0.2, -0.15) is 0 Å². The normalized spacial score (nSPS) is 39.7. The summed E-state index contributed by atoms with van der Waals surface area (Å²) in [4.78, 5) is 0. The van der Waals surface area contributed by atoms with E-state index in [1.807, 2.05) is 0 Å². The van der Waals surface area contributed by atoms with Crippen LogP contribution in [-0.4, -0.2) is 30.8 Å². The van der Waals surface area contributed by atoms with Crippen molar-refractivity contribution in [3.8, 4) is 0 Å². The third kappa shape index (κ3) is 0.907. The van der Waals surface area contributed by atoms with Gasteiger partial charge in [0.15, 0.2) is 0 Å². The molecule has 2 heteroatoms. The second kappa shape index (κ2) is 1.67. The topological polar surface area (TPSA) is 9.23 Å². The maximum absolute atomic E-state index is 6.05. The van der Waals surface area contributed by atoms with Crippen molar-refractivity contribution < 1.29 is 4.52 Å². The van der Waals surface area contributed by atoms with Crippen LogP contribution in [0.2, 0.25) is 0 Å². The molecule has 1 nitrogen and oxygen atoms in total. The van der Waals surface area contributed by atoms with Gasteiger partial charge in [0.1, 0.15) is 0 Å². The van der Waals surface area contributed by atoms with Crippen LogP contribution in [0.1, 0.15) is 27.7 Å². The van der Waals surface area contributed by atoms with Gasteiger partial charge in [-0.15, -0.1) is 0 Å². The van der Waals surface area contributed by atoms with Gasteiger partial charge in [-0.1, -0.05) is 0 Å². The van der Waals surface area contributed by atoms with Gasteiger partial charge in [0.05, 0.1) is 0 Å². The molecule has 0 unspecified atom stereocenters. The zero-order valence-electron chi connectivity index (χ0n) is 8.86. The molecule has 0 radical (unpaired) electrons. The molecule has 1 saturated heterocycles. The Morgan fingerprint density at radius 1 is 0.909 bits per heavy atom. The van der Waals surface area contributed by atoms with Crippen molar-refractivity contribution in [2.24, 2.45) is 0 Å². The van der Waals surface area contributed by atoms with Crippen molar-refractivity contribution in [2.75, 3.05) is 20.0 Å². The molecule has 1 heterocycles. The maximum atomic E-state index is 6.05. The summed E-state index contributed by atoms with van der Waals surface area (Å²) in [5.74, 6) is 0. The van der Waals surface area contributed by atoms with Crippen LogP contribution in [0.3, 0.4) is 0 Å². The average molecular weight is 176 g/mol. The molecule has 0 aromatic heterocycles. The molecular formula is C9H21OP. The summed E-state index contributed by atoms with van der Waals surface area (Å²) in [7, 11) is 0. The van der Waals surface area contributed by atoms with Crippen LogP contribution in [0.4, 0.5) is 0 Å². The molecule has 0 saturated carbocycles. The summed E-state index contributed by atoms with van der Waals surface area (Å²) < 4.78 is 6.05. The van der Waals surface area contributed by atoms with Gasteiger partial charge in [0, 0.05) is 0 Å². The second-order valence-electron chi connectivity index (χ2n) is 5.81. The Kier molecular flexibility index (Phi) is 1.44. The Balaban J connectivity index is 3.04. The summed E-state index contributed by atoms with van der Waals surface area (Å²) in [5.41, 5.74) is 0.0725. The summed E-state index contributed by atoms with van der Waals surface area (Å²) >= 11 is 0. The van der Waals surface area contributed by atoms with Crippen LogP contribution < -0.4 is 0 Å². The Morgan fingerprint density at radius 2 is 1.27 bits per heavy atom. The van der Waals surface area contributed by atoms with Crippen LogP contribution in [0.15, 0.2) is 0 Å². The van der Waals surface area contributed by atoms with Gasteiger partial charge in [0.2, 0.25) is 0 Å². The molecule has 0 aromatic carbocycles. The zero-order chi connectivity index (χ0) is 9.15. The Hall–Kier alpha value is 0.390. The molecular weight excluding hydrogens is 155 g/mol. The summed E-state index contributed by atoms with van der Waals surface area (Å²) in [6.07, 6.45) is 0. The van der Waals surface area contributed by atoms with E-state index in [-0.39, 0.29) is 5.60 Å². The van der Waals surface area contributed by atoms with E-state index in [0.29, 0.717) is 5.16 Å². The zero-order valence-corrected chi connectivity index (χ0v) is 9.75. The van der Waals surface area contributed by atoms with Crippen molar-refractivity contribution in [2.45, 2.75) is 38.5 Å². The number of hydrogen-bond donors (Lipinski definition) is 0. The SMILES string of the molecule is CC1(C)OP(C)(C)(C)C1(C)C. The van der Waals surface area contributed by atoms with Crippen LogP contribution in [0, 0.1) is 0 Å². The third-order valence-corrected chi connectivity index (χ3v) is 9.37. The van der Waals surface area contributed by atoms with Gasteiger partial charge >= 0.3 is 69.8 Å². The van der Waals surface area contributed by atoms with Gasteiger partial charge in [-0.05, 0) is 0 Å². The fourth-order valence-corrected chi connectivity index (χ4v) is 5.71. The van der Waals surface area contributed by atoms with E-state index in [0.717, 1.165) is 0 Å². The number of rotatable bonds is 0. The third-order valence-electron chi connectivity index (χ3n) is 3.93. The molecule has 0 amide bonds. The standard InChI is InChI=1S/C9H21OP/c1-8(2)9(3,4)11(5,6,7)10-8/h1-7H3. The van der Waals surface area contributed by atoms with E-state index in [1.54, 1.807) is 0 Å². The van der Waals surface area contributed by atoms with Crippen molar-refractivity contribution in [3.63, 3.8) is 0 Å². The van der Waals surface area contributed by atoms with Gasteiger partial charge in [-0.25, -0.2) is 0 Å². The molecule has 1 aliphatic rings. The Labute approximate surface area is 70.5 Å². The summed E-state index contributed by atoms with van der Waals surface area (Å²) in [5, 5.41) is 0.360. The fraction of sp³-hybridized carbons (Fsp3) is 1.00. The minimum atomic E-state index is -1.78. The number of hydrogen-bond acceptors (Lipinski definition) is 1. The molecule has 0 N–H and O–H groups in total. The van der Waals surface area contributed by atoms with E-state index in [1.165, 1.54) is 0 Å². The van der Waals surface area contributed by atoms with Gasteiger partial charge in [-0.3, -0.25) is 0 Å². The molecule has 0 bridgehead atoms. The summed E-state index contributed by atoms with van der Waals surface area (Å²) in [6.45, 7) is 14.2. The van der Waals surface area contributed by atoms with Crippen molar-refractivity contribution in [1.29, 1.82) is 0 Å². The van der Waals surface area contributed by atoms with E-state index in [2.05, 4.69) is 47.7 Å². The van der Waals surface area contributed by atoms with Gasteiger partial charge in [0.25, 0.3) is 0 Å². The average Bonchev–Trinajstić information content (AvgIpc) is 1.57. The van der Waals surface area contributed by atoms with Crippen LogP contribution in [-0.2, 0) is 4.52 Å². The first kappa shape index (κ1) is 9.48. The molecule has 11 heavy (non-hydrogen) atoms. The first-order valence-electron chi connectivity index (χ1n) is 4.20. The Bertz CT molecular complexity index is 195. The first-order chi connectivity index (χ1) is 4.49. The fourth-order valence-electron chi connectivity index (χ4n) is 1.90. The molecule has 0 aromatic rings. The second-order valence-corrected chi connectivity index (χ2v) is 12.4. The van der Waals surface area contributed by atoms with Crippen LogP contribution in [0.5, 0.6) is 0 Å². The molecule has 0 aliphatic carbocycles. The Morgan fingerprint density at radius 3 is 1.27 bits per heavy atom. The molecule has 1 aliphatic heterocycles. The molecule has 68 valence electrons. The van der Waals surface area contributed by atoms with Crippen molar-refractivity contribution in [3.05, 3.63) is 0 Å². The molecule has 1 fully saturated rings. The molecule has 1 rings (SSSR count). The monoisotopic (exact) mass is 176 g/mol. The van der Waals surface area contributed by atoms with Crippen molar-refractivity contribution >= 4 is 6.83 Å². The van der Waals surface area contributed by atoms with E-state index < -0.39 is 6.83 Å². The van der Waals surface area contributed by atoms with Crippen LogP contribution in [0.25, 0.3) is 0 Å². The van der Waals surface area contributed by atoms with Crippen LogP contribution >= 0.6 is 6.83 Å². The first-order valence-corrected chi connectivity index (χ1v) is 7.70. The predicted molar refractivity (Wildman–Crippen MR) is 53.9 cm³/mol. The molecule has 0 atom stereocenters. The quantitative estimate of drug-likeness (QED) is 0.516. The predicted octanol–water partition coefficient (Wildman–Crippen LogP) is 2.93. The van der Waals surface area contributed by atoms with E-state index in [4.69, 9.17) is 4.52 Å². The van der Waals surface area contributed by atoms with E-state index in [9.17, 15) is 0 Å². The summed E-state index contributed by atoms with van der Waals surface area (Å²) in [6, 6.07) is 0.